The normalized spacial score (nSPS) is 17.3. The summed E-state index contributed by atoms with van der Waals surface area (Å²) in [5.74, 6) is -0.187. The van der Waals surface area contributed by atoms with E-state index in [2.05, 4.69) is 6.92 Å². The largest absolute Gasteiger partial charge is 0.507 e. The van der Waals surface area contributed by atoms with Crippen LogP contribution in [0.3, 0.4) is 0 Å². The molecular formula is C28H36N2O5. The summed E-state index contributed by atoms with van der Waals surface area (Å²) in [6.07, 6.45) is 3.23. The molecule has 1 aliphatic heterocycles. The van der Waals surface area contributed by atoms with Gasteiger partial charge in [-0.2, -0.15) is 0 Å². The first-order chi connectivity index (χ1) is 16.9. The van der Waals surface area contributed by atoms with E-state index in [0.717, 1.165) is 30.6 Å². The van der Waals surface area contributed by atoms with E-state index in [4.69, 9.17) is 9.47 Å². The maximum Gasteiger partial charge on any atom is 0.295 e. The van der Waals surface area contributed by atoms with Crippen LogP contribution in [0.2, 0.25) is 0 Å². The standard InChI is InChI=1S/C28H36N2O5/c1-5-7-8-18-35-22-14-12-20(13-15-22)25-24(27(32)28(33)30(25)17-16-29(3)4)26(31)21-10-9-11-23(19-21)34-6-2/h9-15,19,25,31H,5-8,16-18H2,1-4H3. The van der Waals surface area contributed by atoms with Crippen LogP contribution in [0.25, 0.3) is 5.76 Å². The van der Waals surface area contributed by atoms with Crippen molar-refractivity contribution in [2.45, 2.75) is 39.2 Å². The number of likely N-dealkylation sites (N-methyl/N-ethyl adjacent to an activating group) is 1. The molecule has 0 aromatic heterocycles. The highest BCUT2D eigenvalue weighted by molar-refractivity contribution is 6.46. The number of benzene rings is 2. The highest BCUT2D eigenvalue weighted by atomic mass is 16.5. The summed E-state index contributed by atoms with van der Waals surface area (Å²) in [6, 6.07) is 13.6. The third kappa shape index (κ3) is 6.42. The molecule has 0 spiro atoms. The van der Waals surface area contributed by atoms with Crippen LogP contribution in [0.1, 0.15) is 50.3 Å². The number of aliphatic hydroxyl groups excluding tert-OH is 1. The van der Waals surface area contributed by atoms with Crippen LogP contribution in [0.4, 0.5) is 0 Å². The van der Waals surface area contributed by atoms with Gasteiger partial charge < -0.3 is 24.4 Å². The van der Waals surface area contributed by atoms with E-state index in [9.17, 15) is 14.7 Å². The second-order valence-electron chi connectivity index (χ2n) is 8.88. The summed E-state index contributed by atoms with van der Waals surface area (Å²) in [7, 11) is 3.82. The minimum Gasteiger partial charge on any atom is -0.507 e. The maximum absolute atomic E-state index is 13.2. The van der Waals surface area contributed by atoms with E-state index >= 15 is 0 Å². The average Bonchev–Trinajstić information content (AvgIpc) is 3.10. The molecule has 7 nitrogen and oxygen atoms in total. The van der Waals surface area contributed by atoms with Gasteiger partial charge in [0.2, 0.25) is 0 Å². The van der Waals surface area contributed by atoms with Gasteiger partial charge in [-0.1, -0.05) is 44.0 Å². The summed E-state index contributed by atoms with van der Waals surface area (Å²) < 4.78 is 11.4. The fourth-order valence-electron chi connectivity index (χ4n) is 4.11. The number of ketones is 1. The first-order valence-corrected chi connectivity index (χ1v) is 12.3. The van der Waals surface area contributed by atoms with Crippen molar-refractivity contribution in [2.24, 2.45) is 0 Å². The number of hydrogen-bond acceptors (Lipinski definition) is 6. The van der Waals surface area contributed by atoms with E-state index in [1.54, 1.807) is 24.3 Å². The van der Waals surface area contributed by atoms with Crippen LogP contribution in [0.15, 0.2) is 54.1 Å². The van der Waals surface area contributed by atoms with Gasteiger partial charge in [-0.05, 0) is 57.3 Å². The van der Waals surface area contributed by atoms with Gasteiger partial charge in [0.25, 0.3) is 11.7 Å². The molecule has 188 valence electrons. The molecule has 0 aliphatic carbocycles. The Morgan fingerprint density at radius 3 is 2.40 bits per heavy atom. The predicted octanol–water partition coefficient (Wildman–Crippen LogP) is 4.64. The van der Waals surface area contributed by atoms with E-state index in [0.29, 0.717) is 37.6 Å². The summed E-state index contributed by atoms with van der Waals surface area (Å²) in [5, 5.41) is 11.2. The van der Waals surface area contributed by atoms with Crippen molar-refractivity contribution in [1.29, 1.82) is 0 Å². The molecule has 1 saturated heterocycles. The average molecular weight is 481 g/mol. The molecule has 35 heavy (non-hydrogen) atoms. The molecular weight excluding hydrogens is 444 g/mol. The Balaban J connectivity index is 1.99. The fourth-order valence-corrected chi connectivity index (χ4v) is 4.11. The Kier molecular flexibility index (Phi) is 9.32. The van der Waals surface area contributed by atoms with Crippen molar-refractivity contribution in [3.63, 3.8) is 0 Å². The first kappa shape index (κ1) is 26.3. The molecule has 1 N–H and O–H groups in total. The minimum absolute atomic E-state index is 0.0824. The smallest absolute Gasteiger partial charge is 0.295 e. The third-order valence-electron chi connectivity index (χ3n) is 5.96. The second kappa shape index (κ2) is 12.4. The number of aliphatic hydroxyl groups is 1. The van der Waals surface area contributed by atoms with E-state index in [1.807, 2.05) is 50.2 Å². The van der Waals surface area contributed by atoms with Gasteiger partial charge in [0, 0.05) is 18.7 Å². The van der Waals surface area contributed by atoms with E-state index in [-0.39, 0.29) is 11.3 Å². The molecule has 1 aliphatic rings. The number of likely N-dealkylation sites (tertiary alicyclic amines) is 1. The van der Waals surface area contributed by atoms with Crippen molar-refractivity contribution in [2.75, 3.05) is 40.4 Å². The SMILES string of the molecule is CCCCCOc1ccc(C2C(=C(O)c3cccc(OCC)c3)C(=O)C(=O)N2CCN(C)C)cc1. The molecule has 3 rings (SSSR count). The topological polar surface area (TPSA) is 79.3 Å². The molecule has 0 bridgehead atoms. The number of unbranched alkanes of at least 4 members (excludes halogenated alkanes) is 2. The van der Waals surface area contributed by atoms with Gasteiger partial charge in [0.15, 0.2) is 0 Å². The number of ether oxygens (including phenoxy) is 2. The second-order valence-corrected chi connectivity index (χ2v) is 8.88. The lowest BCUT2D eigenvalue weighted by atomic mass is 9.95. The van der Waals surface area contributed by atoms with Gasteiger partial charge in [0.1, 0.15) is 17.3 Å². The van der Waals surface area contributed by atoms with Crippen LogP contribution in [0.5, 0.6) is 11.5 Å². The molecule has 1 amide bonds. The highest BCUT2D eigenvalue weighted by Gasteiger charge is 2.45. The molecule has 1 fully saturated rings. The van der Waals surface area contributed by atoms with Crippen LogP contribution in [-0.2, 0) is 9.59 Å². The fraction of sp³-hybridized carbons (Fsp3) is 0.429. The minimum atomic E-state index is -0.695. The van der Waals surface area contributed by atoms with Gasteiger partial charge >= 0.3 is 0 Å². The van der Waals surface area contributed by atoms with Crippen LogP contribution >= 0.6 is 0 Å². The summed E-state index contributed by atoms with van der Waals surface area (Å²) in [5.41, 5.74) is 1.26. The zero-order valence-electron chi connectivity index (χ0n) is 21.1. The van der Waals surface area contributed by atoms with Crippen molar-refractivity contribution in [1.82, 2.24) is 9.80 Å². The molecule has 2 aromatic carbocycles. The molecule has 1 unspecified atom stereocenters. The van der Waals surface area contributed by atoms with Crippen LogP contribution in [-0.4, -0.2) is 67.0 Å². The maximum atomic E-state index is 13.2. The van der Waals surface area contributed by atoms with Gasteiger partial charge in [0.05, 0.1) is 24.8 Å². The monoisotopic (exact) mass is 480 g/mol. The zero-order chi connectivity index (χ0) is 25.4. The number of nitrogens with zero attached hydrogens (tertiary/aromatic N) is 2. The highest BCUT2D eigenvalue weighted by Crippen LogP contribution is 2.40. The van der Waals surface area contributed by atoms with Crippen LogP contribution < -0.4 is 9.47 Å². The summed E-state index contributed by atoms with van der Waals surface area (Å²) in [4.78, 5) is 29.7. The summed E-state index contributed by atoms with van der Waals surface area (Å²) in [6.45, 7) is 6.08. The Morgan fingerprint density at radius 1 is 1.00 bits per heavy atom. The van der Waals surface area contributed by atoms with Crippen LogP contribution in [0, 0.1) is 0 Å². The van der Waals surface area contributed by atoms with E-state index < -0.39 is 17.7 Å². The predicted molar refractivity (Wildman–Crippen MR) is 137 cm³/mol. The molecule has 1 heterocycles. The quantitative estimate of drug-likeness (QED) is 0.206. The number of hydrogen-bond donors (Lipinski definition) is 1. The van der Waals surface area contributed by atoms with Gasteiger partial charge in [-0.3, -0.25) is 9.59 Å². The van der Waals surface area contributed by atoms with Gasteiger partial charge in [-0.25, -0.2) is 0 Å². The number of amides is 1. The van der Waals surface area contributed by atoms with Crippen molar-refractivity contribution < 1.29 is 24.2 Å². The van der Waals surface area contributed by atoms with Crippen molar-refractivity contribution in [3.05, 3.63) is 65.2 Å². The third-order valence-corrected chi connectivity index (χ3v) is 5.96. The Hall–Kier alpha value is -3.32. The molecule has 7 heteroatoms. The van der Waals surface area contributed by atoms with Gasteiger partial charge in [-0.15, -0.1) is 0 Å². The first-order valence-electron chi connectivity index (χ1n) is 12.3. The number of Topliss-reactive ketones (excluding diaryl/α,β-unsaturated/α-hetero) is 1. The molecule has 0 saturated carbocycles. The summed E-state index contributed by atoms with van der Waals surface area (Å²) >= 11 is 0. The lowest BCUT2D eigenvalue weighted by Crippen LogP contribution is -2.35. The van der Waals surface area contributed by atoms with Crippen molar-refractivity contribution in [3.8, 4) is 11.5 Å². The van der Waals surface area contributed by atoms with E-state index in [1.165, 1.54) is 4.90 Å². The number of carbonyl (C=O) groups is 2. The molecule has 1 atom stereocenters. The number of rotatable bonds is 12. The Bertz CT molecular complexity index is 1050. The Labute approximate surface area is 207 Å². The zero-order valence-corrected chi connectivity index (χ0v) is 21.1. The molecule has 2 aromatic rings. The lowest BCUT2D eigenvalue weighted by molar-refractivity contribution is -0.140. The van der Waals surface area contributed by atoms with Crippen molar-refractivity contribution >= 4 is 17.4 Å². The Morgan fingerprint density at radius 2 is 1.74 bits per heavy atom. The lowest BCUT2D eigenvalue weighted by Gasteiger charge is -2.26. The number of carbonyl (C=O) groups excluding carboxylic acids is 2. The molecule has 0 radical (unpaired) electrons.